The predicted molar refractivity (Wildman–Crippen MR) is 247 cm³/mol. The molecule has 5 heteroatoms. The van der Waals surface area contributed by atoms with Gasteiger partial charge in [-0.1, -0.05) is 117 Å². The standard InChI is InChI=1S/C52H49N3SSi/c1-56(2)48-19-9-5-15-44(48)54(45-16-6-10-20-49(45)56)38-28-30-41-40-29-24-36(33-42(40)52(43(41)34-38)31-13-14-32-52)23-25-37-26-27-39(35-53-37)55-46-17-7-11-21-50(46)57(3,4)51-22-12-8-18-47(51)55/h5,7-12,15,17-30,33-35H,6,13-14,16,31-32H2,1-4H3/b25-23+. The third-order valence-electron chi connectivity index (χ3n) is 13.8. The highest BCUT2D eigenvalue weighted by Gasteiger charge is 2.46. The number of allylic oxidation sites excluding steroid dienone is 3. The molecule has 11 rings (SSSR count). The molecule has 0 atom stereocenters. The van der Waals surface area contributed by atoms with Crippen LogP contribution in [0.15, 0.2) is 155 Å². The summed E-state index contributed by atoms with van der Waals surface area (Å²) in [4.78, 5) is 13.1. The lowest BCUT2D eigenvalue weighted by Crippen LogP contribution is -2.58. The molecule has 2 aliphatic heterocycles. The van der Waals surface area contributed by atoms with Crippen molar-refractivity contribution in [3.8, 4) is 11.1 Å². The molecule has 57 heavy (non-hydrogen) atoms. The number of aromatic nitrogens is 1. The van der Waals surface area contributed by atoms with E-state index in [9.17, 15) is 0 Å². The normalized spacial score (nSPS) is 19.5. The zero-order valence-corrected chi connectivity index (χ0v) is 35.2. The molecule has 0 bridgehead atoms. The van der Waals surface area contributed by atoms with E-state index in [-0.39, 0.29) is 5.41 Å². The minimum Gasteiger partial charge on any atom is -0.312 e. The summed E-state index contributed by atoms with van der Waals surface area (Å²) in [5.74, 6) is 0. The highest BCUT2D eigenvalue weighted by atomic mass is 32.3. The summed E-state index contributed by atoms with van der Waals surface area (Å²) in [6, 6.07) is 46.1. The zero-order valence-electron chi connectivity index (χ0n) is 33.4. The number of pyridine rings is 1. The van der Waals surface area contributed by atoms with Crippen molar-refractivity contribution in [2.75, 3.05) is 22.3 Å². The van der Waals surface area contributed by atoms with Gasteiger partial charge in [-0.2, -0.15) is 10.0 Å². The lowest BCUT2D eigenvalue weighted by Gasteiger charge is -2.47. The molecule has 1 spiro atoms. The summed E-state index contributed by atoms with van der Waals surface area (Å²) >= 11 is 0. The molecule has 0 radical (unpaired) electrons. The molecular formula is C52H49N3SSi. The fourth-order valence-corrected chi connectivity index (χ4v) is 16.5. The van der Waals surface area contributed by atoms with Crippen LogP contribution in [0.1, 0.15) is 60.9 Å². The molecule has 0 saturated heterocycles. The molecule has 3 heterocycles. The fraction of sp³-hybridized carbons (Fsp3) is 0.212. The van der Waals surface area contributed by atoms with Gasteiger partial charge in [0.05, 0.1) is 23.3 Å². The first kappa shape index (κ1) is 34.9. The maximum Gasteiger partial charge on any atom is 0.117 e. The Hall–Kier alpha value is -5.36. The van der Waals surface area contributed by atoms with Crippen molar-refractivity contribution in [3.63, 3.8) is 0 Å². The van der Waals surface area contributed by atoms with Gasteiger partial charge in [-0.05, 0) is 131 Å². The van der Waals surface area contributed by atoms with Crippen LogP contribution in [0.4, 0.5) is 28.4 Å². The van der Waals surface area contributed by atoms with Gasteiger partial charge < -0.3 is 9.80 Å². The number of anilines is 5. The van der Waals surface area contributed by atoms with Crippen LogP contribution in [0.25, 0.3) is 23.3 Å². The maximum atomic E-state index is 5.01. The van der Waals surface area contributed by atoms with E-state index in [4.69, 9.17) is 4.98 Å². The van der Waals surface area contributed by atoms with Crippen molar-refractivity contribution >= 4 is 69.1 Å². The highest BCUT2D eigenvalue weighted by molar-refractivity contribution is 8.36. The van der Waals surface area contributed by atoms with Crippen molar-refractivity contribution in [3.05, 3.63) is 173 Å². The number of benzene rings is 5. The van der Waals surface area contributed by atoms with E-state index in [1.165, 1.54) is 97.2 Å². The third kappa shape index (κ3) is 5.14. The summed E-state index contributed by atoms with van der Waals surface area (Å²) in [7, 11) is -2.91. The van der Waals surface area contributed by atoms with Crippen LogP contribution in [0.3, 0.4) is 0 Å². The number of hydrogen-bond donors (Lipinski definition) is 0. The second-order valence-corrected chi connectivity index (χ2v) is 25.3. The van der Waals surface area contributed by atoms with E-state index in [1.807, 2.05) is 6.20 Å². The van der Waals surface area contributed by atoms with Gasteiger partial charge in [0.15, 0.2) is 0 Å². The van der Waals surface area contributed by atoms with Crippen LogP contribution in [-0.2, 0) is 5.41 Å². The Kier molecular flexibility index (Phi) is 7.84. The van der Waals surface area contributed by atoms with Gasteiger partial charge in [0, 0.05) is 38.0 Å². The molecule has 3 aliphatic carbocycles. The number of para-hydroxylation sites is 3. The Morgan fingerprint density at radius 1 is 0.667 bits per heavy atom. The van der Waals surface area contributed by atoms with E-state index in [0.717, 1.165) is 24.2 Å². The van der Waals surface area contributed by atoms with E-state index >= 15 is 0 Å². The van der Waals surface area contributed by atoms with Crippen molar-refractivity contribution in [2.24, 2.45) is 0 Å². The fourth-order valence-electron chi connectivity index (χ4n) is 11.0. The molecule has 5 aromatic carbocycles. The van der Waals surface area contributed by atoms with Crippen LogP contribution < -0.4 is 20.2 Å². The third-order valence-corrected chi connectivity index (χ3v) is 20.2. The molecule has 5 aliphatic rings. The van der Waals surface area contributed by atoms with Gasteiger partial charge in [-0.3, -0.25) is 4.98 Å². The molecule has 282 valence electrons. The van der Waals surface area contributed by atoms with Crippen LogP contribution in [0, 0.1) is 0 Å². The first-order valence-electron chi connectivity index (χ1n) is 20.7. The van der Waals surface area contributed by atoms with Gasteiger partial charge in [0.25, 0.3) is 0 Å². The number of hydrogen-bond acceptors (Lipinski definition) is 3. The van der Waals surface area contributed by atoms with Crippen LogP contribution in [0.5, 0.6) is 0 Å². The maximum absolute atomic E-state index is 5.01. The predicted octanol–water partition coefficient (Wildman–Crippen LogP) is 12.8. The molecule has 1 aromatic heterocycles. The molecular weight excluding hydrogens is 727 g/mol. The number of nitrogens with zero attached hydrogens (tertiary/aromatic N) is 3. The van der Waals surface area contributed by atoms with Gasteiger partial charge >= 0.3 is 0 Å². The summed E-state index contributed by atoms with van der Waals surface area (Å²) in [6.45, 7) is 4.93. The molecule has 6 aromatic rings. The SMILES string of the molecule is C[Si]1(C)c2ccccc2N(c2ccc(/C=C/c3ccc4c(c3)C3(CCCC3)c3cc(N5C6=C(C=CCC6)S(C)(C)c6ccccc65)ccc3-4)nc2)c2ccccc21. The minimum atomic E-state index is -1.82. The lowest BCUT2D eigenvalue weighted by molar-refractivity contribution is 0.550. The number of fused-ring (bicyclic) bond motifs is 8. The number of rotatable bonds is 4. The van der Waals surface area contributed by atoms with Gasteiger partial charge in [0.2, 0.25) is 0 Å². The largest absolute Gasteiger partial charge is 0.312 e. The smallest absolute Gasteiger partial charge is 0.117 e. The molecule has 1 saturated carbocycles. The summed E-state index contributed by atoms with van der Waals surface area (Å²) in [5.41, 5.74) is 16.0. The van der Waals surface area contributed by atoms with E-state index < -0.39 is 18.1 Å². The molecule has 0 N–H and O–H groups in total. The van der Waals surface area contributed by atoms with Crippen molar-refractivity contribution in [2.45, 2.75) is 61.9 Å². The zero-order chi connectivity index (χ0) is 38.5. The molecule has 0 amide bonds. The van der Waals surface area contributed by atoms with Crippen LogP contribution >= 0.6 is 10.0 Å². The van der Waals surface area contributed by atoms with Gasteiger partial charge in [-0.15, -0.1) is 0 Å². The Morgan fingerprint density at radius 2 is 1.32 bits per heavy atom. The Labute approximate surface area is 340 Å². The minimum absolute atomic E-state index is 0.0619. The first-order valence-corrected chi connectivity index (χ1v) is 26.2. The summed E-state index contributed by atoms with van der Waals surface area (Å²) < 4.78 is 0. The van der Waals surface area contributed by atoms with Crippen LogP contribution in [0.2, 0.25) is 13.1 Å². The van der Waals surface area contributed by atoms with Crippen molar-refractivity contribution < 1.29 is 0 Å². The Morgan fingerprint density at radius 3 is 2.04 bits per heavy atom. The van der Waals surface area contributed by atoms with E-state index in [0.29, 0.717) is 0 Å². The van der Waals surface area contributed by atoms with Gasteiger partial charge in [0.1, 0.15) is 8.07 Å². The van der Waals surface area contributed by atoms with Crippen molar-refractivity contribution in [1.82, 2.24) is 4.98 Å². The summed E-state index contributed by atoms with van der Waals surface area (Å²) in [5, 5.41) is 2.94. The molecule has 0 unspecified atom stereocenters. The monoisotopic (exact) mass is 775 g/mol. The van der Waals surface area contributed by atoms with E-state index in [2.05, 4.69) is 181 Å². The first-order chi connectivity index (χ1) is 27.8. The molecule has 1 fully saturated rings. The highest BCUT2D eigenvalue weighted by Crippen LogP contribution is 2.66. The Bertz CT molecular complexity index is 2660. The topological polar surface area (TPSA) is 19.4 Å². The average Bonchev–Trinajstić information content (AvgIpc) is 3.84. The lowest BCUT2D eigenvalue weighted by atomic mass is 9.76. The van der Waals surface area contributed by atoms with E-state index in [1.54, 1.807) is 4.91 Å². The Balaban J connectivity index is 0.923. The van der Waals surface area contributed by atoms with Crippen molar-refractivity contribution in [1.29, 1.82) is 0 Å². The van der Waals surface area contributed by atoms with Crippen LogP contribution in [-0.4, -0.2) is 25.6 Å². The van der Waals surface area contributed by atoms with Gasteiger partial charge in [-0.25, -0.2) is 0 Å². The molecule has 3 nitrogen and oxygen atoms in total. The quantitative estimate of drug-likeness (QED) is 0.166. The summed E-state index contributed by atoms with van der Waals surface area (Å²) in [6.07, 6.45) is 23.4. The second-order valence-electron chi connectivity index (χ2n) is 17.5. The average molecular weight is 776 g/mol. The second kappa shape index (κ2) is 12.8.